The Bertz CT molecular complexity index is 701. The third kappa shape index (κ3) is 3.39. The number of aromatic nitrogens is 1. The van der Waals surface area contributed by atoms with Gasteiger partial charge in [-0.05, 0) is 36.6 Å². The number of rotatable bonds is 4. The molecular weight excluding hydrogens is 284 g/mol. The van der Waals surface area contributed by atoms with Crippen molar-refractivity contribution in [2.75, 3.05) is 19.6 Å². The maximum Gasteiger partial charge on any atom is 0.0924 e. The first-order valence-corrected chi connectivity index (χ1v) is 8.43. The van der Waals surface area contributed by atoms with E-state index in [1.807, 2.05) is 30.3 Å². The quantitative estimate of drug-likeness (QED) is 0.881. The maximum absolute atomic E-state index is 10.7. The molecule has 2 unspecified atom stereocenters. The fraction of sp³-hybridized carbons (Fsp3) is 0.450. The third-order valence-corrected chi connectivity index (χ3v) is 5.05. The van der Waals surface area contributed by atoms with Crippen LogP contribution in [0.4, 0.5) is 0 Å². The van der Waals surface area contributed by atoms with E-state index in [0.29, 0.717) is 18.4 Å². The summed E-state index contributed by atoms with van der Waals surface area (Å²) in [4.78, 5) is 6.67. The Morgan fingerprint density at radius 1 is 1.39 bits per heavy atom. The van der Waals surface area contributed by atoms with Crippen LogP contribution in [-0.4, -0.2) is 34.6 Å². The van der Waals surface area contributed by atoms with Crippen molar-refractivity contribution in [2.24, 2.45) is 11.8 Å². The highest BCUT2D eigenvalue weighted by molar-refractivity contribution is 5.82. The average Bonchev–Trinajstić information content (AvgIpc) is 2.61. The van der Waals surface area contributed by atoms with Gasteiger partial charge in [-0.25, -0.2) is 0 Å². The molecule has 3 nitrogen and oxygen atoms in total. The number of β-amino-alcohol motifs (C(OH)–C–C–N with tert-alkyl or cyclic N) is 1. The third-order valence-electron chi connectivity index (χ3n) is 5.05. The standard InChI is InChI=1S/C20H24N2O/c1-3-15-10-12-22(13-16(15)4-2)14-20(23)18-9-11-21-19-8-6-5-7-17(18)19/h2,5-9,11,15-16,20,23H,3,10,12-14H2,1H3/t15?,16?,20-/m1/s1. The van der Waals surface area contributed by atoms with Crippen molar-refractivity contribution in [3.63, 3.8) is 0 Å². The molecular formula is C20H24N2O. The molecule has 2 heterocycles. The topological polar surface area (TPSA) is 36.4 Å². The SMILES string of the molecule is C#CC1CN(C[C@@H](O)c2ccnc3ccccc23)CCC1CC. The fourth-order valence-electron chi connectivity index (χ4n) is 3.66. The van der Waals surface area contributed by atoms with Gasteiger partial charge in [-0.2, -0.15) is 0 Å². The molecule has 0 amide bonds. The number of benzene rings is 1. The lowest BCUT2D eigenvalue weighted by Crippen LogP contribution is -2.41. The summed E-state index contributed by atoms with van der Waals surface area (Å²) < 4.78 is 0. The van der Waals surface area contributed by atoms with Crippen LogP contribution >= 0.6 is 0 Å². The zero-order valence-electron chi connectivity index (χ0n) is 13.7. The minimum atomic E-state index is -0.514. The average molecular weight is 308 g/mol. The van der Waals surface area contributed by atoms with Gasteiger partial charge in [-0.15, -0.1) is 12.3 Å². The Kier molecular flexibility index (Phi) is 4.95. The van der Waals surface area contributed by atoms with Gasteiger partial charge in [0.05, 0.1) is 11.6 Å². The molecule has 0 aliphatic carbocycles. The lowest BCUT2D eigenvalue weighted by atomic mass is 9.84. The highest BCUT2D eigenvalue weighted by atomic mass is 16.3. The van der Waals surface area contributed by atoms with Gasteiger partial charge in [0, 0.05) is 30.6 Å². The first-order valence-electron chi connectivity index (χ1n) is 8.43. The van der Waals surface area contributed by atoms with E-state index in [-0.39, 0.29) is 0 Å². The molecule has 1 N–H and O–H groups in total. The van der Waals surface area contributed by atoms with E-state index >= 15 is 0 Å². The molecule has 3 atom stereocenters. The fourth-order valence-corrected chi connectivity index (χ4v) is 3.66. The van der Waals surface area contributed by atoms with Crippen LogP contribution in [0.2, 0.25) is 0 Å². The molecule has 0 bridgehead atoms. The number of aliphatic hydroxyl groups excluding tert-OH is 1. The Morgan fingerprint density at radius 3 is 3.00 bits per heavy atom. The van der Waals surface area contributed by atoms with Crippen LogP contribution in [0.3, 0.4) is 0 Å². The second-order valence-electron chi connectivity index (χ2n) is 6.42. The van der Waals surface area contributed by atoms with Gasteiger partial charge in [0.2, 0.25) is 0 Å². The monoisotopic (exact) mass is 308 g/mol. The number of para-hydroxylation sites is 1. The van der Waals surface area contributed by atoms with Gasteiger partial charge in [-0.1, -0.05) is 31.5 Å². The molecule has 3 rings (SSSR count). The van der Waals surface area contributed by atoms with Gasteiger partial charge in [0.25, 0.3) is 0 Å². The normalized spacial score (nSPS) is 23.5. The van der Waals surface area contributed by atoms with E-state index in [1.54, 1.807) is 6.20 Å². The molecule has 0 saturated carbocycles. The van der Waals surface area contributed by atoms with Crippen LogP contribution in [-0.2, 0) is 0 Å². The lowest BCUT2D eigenvalue weighted by Gasteiger charge is -2.36. The number of nitrogens with zero attached hydrogens (tertiary/aromatic N) is 2. The van der Waals surface area contributed by atoms with Crippen molar-refractivity contribution >= 4 is 10.9 Å². The van der Waals surface area contributed by atoms with Gasteiger partial charge in [-0.3, -0.25) is 9.88 Å². The Hall–Kier alpha value is -1.89. The van der Waals surface area contributed by atoms with E-state index in [4.69, 9.17) is 6.42 Å². The predicted molar refractivity (Wildman–Crippen MR) is 93.9 cm³/mol. The van der Waals surface area contributed by atoms with Crippen molar-refractivity contribution in [3.8, 4) is 12.3 Å². The van der Waals surface area contributed by atoms with Crippen LogP contribution in [0.25, 0.3) is 10.9 Å². The number of pyridine rings is 1. The number of aliphatic hydroxyl groups is 1. The molecule has 0 radical (unpaired) electrons. The summed E-state index contributed by atoms with van der Waals surface area (Å²) in [5.74, 6) is 3.87. The summed E-state index contributed by atoms with van der Waals surface area (Å²) in [5.41, 5.74) is 1.88. The second-order valence-corrected chi connectivity index (χ2v) is 6.42. The van der Waals surface area contributed by atoms with Gasteiger partial charge in [0.1, 0.15) is 0 Å². The van der Waals surface area contributed by atoms with Crippen molar-refractivity contribution in [1.82, 2.24) is 9.88 Å². The number of hydrogen-bond acceptors (Lipinski definition) is 3. The largest absolute Gasteiger partial charge is 0.387 e. The van der Waals surface area contributed by atoms with E-state index < -0.39 is 6.10 Å². The minimum absolute atomic E-state index is 0.301. The zero-order chi connectivity index (χ0) is 16.2. The van der Waals surface area contributed by atoms with Crippen molar-refractivity contribution < 1.29 is 5.11 Å². The number of likely N-dealkylation sites (tertiary alicyclic amines) is 1. The summed E-state index contributed by atoms with van der Waals surface area (Å²) in [6, 6.07) is 9.88. The molecule has 3 heteroatoms. The van der Waals surface area contributed by atoms with Gasteiger partial charge < -0.3 is 5.11 Å². The number of terminal acetylenes is 1. The highest BCUT2D eigenvalue weighted by Crippen LogP contribution is 2.28. The van der Waals surface area contributed by atoms with E-state index in [0.717, 1.165) is 42.4 Å². The molecule has 120 valence electrons. The number of fused-ring (bicyclic) bond motifs is 1. The summed E-state index contributed by atoms with van der Waals surface area (Å²) >= 11 is 0. The molecule has 1 fully saturated rings. The number of piperidine rings is 1. The molecule has 1 aromatic carbocycles. The summed E-state index contributed by atoms with van der Waals surface area (Å²) in [5, 5.41) is 11.8. The smallest absolute Gasteiger partial charge is 0.0924 e. The molecule has 1 aliphatic rings. The molecule has 1 aliphatic heterocycles. The van der Waals surface area contributed by atoms with Crippen LogP contribution < -0.4 is 0 Å². The van der Waals surface area contributed by atoms with Crippen LogP contribution in [0.1, 0.15) is 31.4 Å². The van der Waals surface area contributed by atoms with E-state index in [9.17, 15) is 5.11 Å². The Morgan fingerprint density at radius 2 is 2.22 bits per heavy atom. The molecule has 23 heavy (non-hydrogen) atoms. The predicted octanol–water partition coefficient (Wildman–Crippen LogP) is 3.25. The second kappa shape index (κ2) is 7.12. The van der Waals surface area contributed by atoms with Crippen LogP contribution in [0.15, 0.2) is 36.5 Å². The minimum Gasteiger partial charge on any atom is -0.387 e. The highest BCUT2D eigenvalue weighted by Gasteiger charge is 2.28. The Labute approximate surface area is 138 Å². The number of hydrogen-bond donors (Lipinski definition) is 1. The lowest BCUT2D eigenvalue weighted by molar-refractivity contribution is 0.0753. The summed E-state index contributed by atoms with van der Waals surface area (Å²) in [6.07, 6.45) is 9.22. The van der Waals surface area contributed by atoms with Crippen LogP contribution in [0, 0.1) is 24.2 Å². The summed E-state index contributed by atoms with van der Waals surface area (Å²) in [7, 11) is 0. The first-order chi connectivity index (χ1) is 11.2. The zero-order valence-corrected chi connectivity index (χ0v) is 13.7. The summed E-state index contributed by atoms with van der Waals surface area (Å²) in [6.45, 7) is 4.73. The van der Waals surface area contributed by atoms with Crippen molar-refractivity contribution in [3.05, 3.63) is 42.1 Å². The molecule has 2 aromatic rings. The van der Waals surface area contributed by atoms with Gasteiger partial charge in [0.15, 0.2) is 0 Å². The molecule has 1 saturated heterocycles. The van der Waals surface area contributed by atoms with Gasteiger partial charge >= 0.3 is 0 Å². The first kappa shape index (κ1) is 16.0. The molecule has 1 aromatic heterocycles. The van der Waals surface area contributed by atoms with E-state index in [1.165, 1.54) is 0 Å². The maximum atomic E-state index is 10.7. The van der Waals surface area contributed by atoms with E-state index in [2.05, 4.69) is 22.7 Å². The Balaban J connectivity index is 1.74. The van der Waals surface area contributed by atoms with Crippen LogP contribution in [0.5, 0.6) is 0 Å². The van der Waals surface area contributed by atoms with Crippen molar-refractivity contribution in [2.45, 2.75) is 25.9 Å². The molecule has 0 spiro atoms. The van der Waals surface area contributed by atoms with Crippen molar-refractivity contribution in [1.29, 1.82) is 0 Å².